The Labute approximate surface area is 125 Å². The molecule has 1 aliphatic carbocycles. The molecule has 5 nitrogen and oxygen atoms in total. The number of sulfone groups is 1. The normalized spacial score (nSPS) is 18.0. The lowest BCUT2D eigenvalue weighted by Gasteiger charge is -2.27. The molecule has 0 amide bonds. The van der Waals surface area contributed by atoms with E-state index < -0.39 is 21.3 Å². The van der Waals surface area contributed by atoms with Gasteiger partial charge in [-0.3, -0.25) is 0 Å². The molecule has 1 aliphatic rings. The molecule has 0 heterocycles. The van der Waals surface area contributed by atoms with Gasteiger partial charge in [-0.1, -0.05) is 6.92 Å². The second-order valence-electron chi connectivity index (χ2n) is 5.75. The topological polar surface area (TPSA) is 83.5 Å². The molecule has 0 radical (unpaired) electrons. The molecule has 6 heteroatoms. The van der Waals surface area contributed by atoms with Crippen LogP contribution in [0.15, 0.2) is 29.2 Å². The van der Waals surface area contributed by atoms with Gasteiger partial charge in [0.2, 0.25) is 0 Å². The minimum atomic E-state index is -3.24. The molecule has 21 heavy (non-hydrogen) atoms. The second kappa shape index (κ2) is 5.67. The van der Waals surface area contributed by atoms with Crippen LogP contribution in [0.25, 0.3) is 0 Å². The predicted molar refractivity (Wildman–Crippen MR) is 81.2 cm³/mol. The lowest BCUT2D eigenvalue weighted by molar-refractivity contribution is -0.142. The quantitative estimate of drug-likeness (QED) is 0.808. The summed E-state index contributed by atoms with van der Waals surface area (Å²) in [5.74, 6) is -0.638. The zero-order valence-corrected chi connectivity index (χ0v) is 13.1. The van der Waals surface area contributed by atoms with Gasteiger partial charge in [-0.05, 0) is 56.4 Å². The van der Waals surface area contributed by atoms with E-state index in [4.69, 9.17) is 0 Å². The largest absolute Gasteiger partial charge is 0.480 e. The number of carbonyl (C=O) groups is 1. The Bertz CT molecular complexity index is 620. The van der Waals surface area contributed by atoms with Gasteiger partial charge < -0.3 is 10.4 Å². The van der Waals surface area contributed by atoms with E-state index >= 15 is 0 Å². The van der Waals surface area contributed by atoms with Crippen molar-refractivity contribution in [2.24, 2.45) is 5.92 Å². The maximum atomic E-state index is 11.9. The van der Waals surface area contributed by atoms with Crippen molar-refractivity contribution in [3.05, 3.63) is 24.3 Å². The molecular weight excluding hydrogens is 290 g/mol. The highest BCUT2D eigenvalue weighted by Crippen LogP contribution is 2.41. The standard InChI is InChI=1S/C15H21NO4S/c1-3-10-21(19,20)13-8-6-12(7-9-13)16-15(2,14(17)18)11-4-5-11/h6-9,11,16H,3-5,10H2,1-2H3,(H,17,18). The molecule has 2 rings (SSSR count). The van der Waals surface area contributed by atoms with E-state index in [9.17, 15) is 18.3 Å². The maximum absolute atomic E-state index is 11.9. The van der Waals surface area contributed by atoms with Crippen molar-refractivity contribution < 1.29 is 18.3 Å². The Balaban J connectivity index is 2.18. The van der Waals surface area contributed by atoms with Crippen LogP contribution in [0.5, 0.6) is 0 Å². The van der Waals surface area contributed by atoms with Crippen LogP contribution in [0.3, 0.4) is 0 Å². The first kappa shape index (κ1) is 15.8. The van der Waals surface area contributed by atoms with Gasteiger partial charge in [-0.15, -0.1) is 0 Å². The summed E-state index contributed by atoms with van der Waals surface area (Å²) in [6.45, 7) is 3.50. The molecule has 1 aromatic rings. The van der Waals surface area contributed by atoms with Crippen molar-refractivity contribution in [3.8, 4) is 0 Å². The molecule has 1 atom stereocenters. The van der Waals surface area contributed by atoms with Gasteiger partial charge in [0.25, 0.3) is 0 Å². The average molecular weight is 311 g/mol. The van der Waals surface area contributed by atoms with Crippen LogP contribution >= 0.6 is 0 Å². The number of rotatable bonds is 7. The fourth-order valence-electron chi connectivity index (χ4n) is 2.42. The molecule has 0 saturated heterocycles. The highest BCUT2D eigenvalue weighted by atomic mass is 32.2. The summed E-state index contributed by atoms with van der Waals surface area (Å²) >= 11 is 0. The number of hydrogen-bond acceptors (Lipinski definition) is 4. The summed E-state index contributed by atoms with van der Waals surface area (Å²) in [6.07, 6.45) is 2.37. The lowest BCUT2D eigenvalue weighted by atomic mass is 9.95. The number of hydrogen-bond donors (Lipinski definition) is 2. The third-order valence-corrected chi connectivity index (χ3v) is 5.86. The van der Waals surface area contributed by atoms with Crippen molar-refractivity contribution in [1.29, 1.82) is 0 Å². The van der Waals surface area contributed by atoms with E-state index in [1.54, 1.807) is 19.1 Å². The number of carboxylic acids is 1. The molecule has 1 aromatic carbocycles. The van der Waals surface area contributed by atoms with Gasteiger partial charge >= 0.3 is 5.97 Å². The van der Waals surface area contributed by atoms with E-state index in [0.717, 1.165) is 12.8 Å². The molecule has 0 bridgehead atoms. The molecule has 1 unspecified atom stereocenters. The molecule has 1 fully saturated rings. The van der Waals surface area contributed by atoms with Crippen molar-refractivity contribution >= 4 is 21.5 Å². The van der Waals surface area contributed by atoms with Crippen molar-refractivity contribution in [3.63, 3.8) is 0 Å². The fourth-order valence-corrected chi connectivity index (χ4v) is 3.75. The minimum absolute atomic E-state index is 0.120. The van der Waals surface area contributed by atoms with Gasteiger partial charge in [0, 0.05) is 5.69 Å². The van der Waals surface area contributed by atoms with Crippen molar-refractivity contribution in [2.45, 2.75) is 43.5 Å². The Morgan fingerprint density at radius 2 is 1.90 bits per heavy atom. The Kier molecular flexibility index (Phi) is 4.27. The molecule has 116 valence electrons. The first-order chi connectivity index (χ1) is 9.79. The van der Waals surface area contributed by atoms with E-state index in [0.29, 0.717) is 12.1 Å². The maximum Gasteiger partial charge on any atom is 0.329 e. The van der Waals surface area contributed by atoms with Crippen LogP contribution in [0, 0.1) is 5.92 Å². The minimum Gasteiger partial charge on any atom is -0.480 e. The zero-order valence-electron chi connectivity index (χ0n) is 12.3. The van der Waals surface area contributed by atoms with E-state index in [1.807, 2.05) is 6.92 Å². The van der Waals surface area contributed by atoms with Crippen molar-refractivity contribution in [2.75, 3.05) is 11.1 Å². The molecule has 0 aromatic heterocycles. The summed E-state index contributed by atoms with van der Waals surface area (Å²) in [5, 5.41) is 12.4. The monoisotopic (exact) mass is 311 g/mol. The highest BCUT2D eigenvalue weighted by molar-refractivity contribution is 7.91. The Morgan fingerprint density at radius 3 is 2.33 bits per heavy atom. The number of carboxylic acid groups (broad SMARTS) is 1. The molecular formula is C15H21NO4S. The van der Waals surface area contributed by atoms with Gasteiger partial charge in [-0.2, -0.15) is 0 Å². The predicted octanol–water partition coefficient (Wildman–Crippen LogP) is 2.54. The third-order valence-electron chi connectivity index (χ3n) is 3.93. The van der Waals surface area contributed by atoms with Crippen LogP contribution in [-0.4, -0.2) is 30.8 Å². The summed E-state index contributed by atoms with van der Waals surface area (Å²) in [4.78, 5) is 11.7. The first-order valence-electron chi connectivity index (χ1n) is 7.14. The highest BCUT2D eigenvalue weighted by Gasteiger charge is 2.47. The van der Waals surface area contributed by atoms with E-state index in [1.165, 1.54) is 12.1 Å². The fraction of sp³-hybridized carbons (Fsp3) is 0.533. The van der Waals surface area contributed by atoms with E-state index in [-0.39, 0.29) is 16.6 Å². The molecule has 1 saturated carbocycles. The van der Waals surface area contributed by atoms with Crippen LogP contribution in [0.2, 0.25) is 0 Å². The SMILES string of the molecule is CCCS(=O)(=O)c1ccc(NC(C)(C(=O)O)C2CC2)cc1. The Morgan fingerprint density at radius 1 is 1.33 bits per heavy atom. The van der Waals surface area contributed by atoms with Crippen LogP contribution in [0.1, 0.15) is 33.1 Å². The lowest BCUT2D eigenvalue weighted by Crippen LogP contribution is -2.45. The third kappa shape index (κ3) is 3.37. The van der Waals surface area contributed by atoms with E-state index in [2.05, 4.69) is 5.32 Å². The summed E-state index contributed by atoms with van der Waals surface area (Å²) < 4.78 is 23.9. The van der Waals surface area contributed by atoms with Crippen LogP contribution < -0.4 is 5.32 Å². The average Bonchev–Trinajstić information content (AvgIpc) is 3.23. The first-order valence-corrected chi connectivity index (χ1v) is 8.79. The summed E-state index contributed by atoms with van der Waals surface area (Å²) in [6, 6.07) is 6.32. The number of aliphatic carboxylic acids is 1. The van der Waals surface area contributed by atoms with Crippen LogP contribution in [0.4, 0.5) is 5.69 Å². The van der Waals surface area contributed by atoms with Crippen LogP contribution in [-0.2, 0) is 14.6 Å². The van der Waals surface area contributed by atoms with Gasteiger partial charge in [0.05, 0.1) is 10.6 Å². The number of anilines is 1. The number of benzene rings is 1. The summed E-state index contributed by atoms with van der Waals surface area (Å²) in [5.41, 5.74) is -0.369. The second-order valence-corrected chi connectivity index (χ2v) is 7.86. The zero-order chi connectivity index (χ0) is 15.7. The molecule has 0 aliphatic heterocycles. The van der Waals surface area contributed by atoms with Gasteiger partial charge in [-0.25, -0.2) is 13.2 Å². The molecule has 2 N–H and O–H groups in total. The number of nitrogens with one attached hydrogen (secondary N) is 1. The van der Waals surface area contributed by atoms with Gasteiger partial charge in [0.15, 0.2) is 9.84 Å². The van der Waals surface area contributed by atoms with Gasteiger partial charge in [0.1, 0.15) is 5.54 Å². The smallest absolute Gasteiger partial charge is 0.329 e. The Hall–Kier alpha value is -1.56. The molecule has 0 spiro atoms. The van der Waals surface area contributed by atoms with Crippen molar-refractivity contribution in [1.82, 2.24) is 0 Å². The summed E-state index contributed by atoms with van der Waals surface area (Å²) in [7, 11) is -3.24.